The van der Waals surface area contributed by atoms with Gasteiger partial charge in [0.2, 0.25) is 5.91 Å². The molecule has 4 rings (SSSR count). The fourth-order valence-electron chi connectivity index (χ4n) is 3.98. The van der Waals surface area contributed by atoms with Crippen molar-refractivity contribution in [1.82, 2.24) is 15.0 Å². The van der Waals surface area contributed by atoms with E-state index in [1.807, 2.05) is 12.1 Å². The van der Waals surface area contributed by atoms with E-state index in [-0.39, 0.29) is 30.9 Å². The quantitative estimate of drug-likeness (QED) is 0.300. The van der Waals surface area contributed by atoms with Crippen molar-refractivity contribution in [2.24, 2.45) is 5.92 Å². The number of fused-ring (bicyclic) bond motifs is 1. The third-order valence-corrected chi connectivity index (χ3v) is 6.04. The summed E-state index contributed by atoms with van der Waals surface area (Å²) in [4.78, 5) is 36.9. The number of carbonyl (C=O) groups is 2. The number of nitrogens with zero attached hydrogens (tertiary/aromatic N) is 3. The monoisotopic (exact) mass is 502 g/mol. The Morgan fingerprint density at radius 2 is 1.73 bits per heavy atom. The van der Waals surface area contributed by atoms with Crippen LogP contribution in [0.25, 0.3) is 10.9 Å². The van der Waals surface area contributed by atoms with Crippen molar-refractivity contribution in [3.05, 3.63) is 94.3 Å². The van der Waals surface area contributed by atoms with Gasteiger partial charge in [-0.15, -0.1) is 5.10 Å². The van der Waals surface area contributed by atoms with Gasteiger partial charge in [-0.05, 0) is 53.9 Å². The van der Waals surface area contributed by atoms with Crippen LogP contribution < -0.4 is 15.6 Å². The van der Waals surface area contributed by atoms with Crippen LogP contribution in [0.1, 0.15) is 23.7 Å². The number of amides is 1. The van der Waals surface area contributed by atoms with Crippen LogP contribution >= 0.6 is 0 Å². The second kappa shape index (κ2) is 11.4. The molecule has 0 radical (unpaired) electrons. The number of hydrogen-bond acceptors (Lipinski definition) is 7. The number of carbonyl (C=O) groups excluding carboxylic acids is 1. The topological polar surface area (TPSA) is 144 Å². The molecule has 0 fully saturated rings. The lowest BCUT2D eigenvalue weighted by molar-refractivity contribution is -0.146. The van der Waals surface area contributed by atoms with Gasteiger partial charge in [-0.3, -0.25) is 14.4 Å². The van der Waals surface area contributed by atoms with Gasteiger partial charge in [-0.25, -0.2) is 4.68 Å². The fraction of sp³-hybridized carbons (Fsp3) is 0.222. The molecule has 3 N–H and O–H groups in total. The lowest BCUT2D eigenvalue weighted by atomic mass is 9.92. The van der Waals surface area contributed by atoms with Crippen LogP contribution in [-0.2, 0) is 22.6 Å². The van der Waals surface area contributed by atoms with Crippen LogP contribution in [0.3, 0.4) is 0 Å². The number of carboxylic acids is 1. The van der Waals surface area contributed by atoms with Crippen LogP contribution in [0.4, 0.5) is 5.69 Å². The third kappa shape index (κ3) is 6.17. The Kier molecular flexibility index (Phi) is 7.89. The first kappa shape index (κ1) is 25.5. The molecule has 1 amide bonds. The molecule has 10 heteroatoms. The maximum absolute atomic E-state index is 12.6. The molecule has 3 aromatic carbocycles. The number of methoxy groups -OCH3 is 1. The highest BCUT2D eigenvalue weighted by Crippen LogP contribution is 2.27. The van der Waals surface area contributed by atoms with Gasteiger partial charge >= 0.3 is 5.97 Å². The summed E-state index contributed by atoms with van der Waals surface area (Å²) in [7, 11) is 1.57. The predicted molar refractivity (Wildman–Crippen MR) is 136 cm³/mol. The summed E-state index contributed by atoms with van der Waals surface area (Å²) in [5, 5.41) is 31.5. The van der Waals surface area contributed by atoms with Crippen molar-refractivity contribution in [3.63, 3.8) is 0 Å². The number of aryl methyl sites for hydroxylation is 1. The molecule has 4 aromatic rings. The summed E-state index contributed by atoms with van der Waals surface area (Å²) in [5.74, 6) is -1.90. The van der Waals surface area contributed by atoms with Gasteiger partial charge in [0.05, 0.1) is 30.9 Å². The molecule has 2 atom stereocenters. The highest BCUT2D eigenvalue weighted by atomic mass is 16.5. The molecule has 37 heavy (non-hydrogen) atoms. The van der Waals surface area contributed by atoms with E-state index in [0.717, 1.165) is 10.2 Å². The number of aliphatic hydroxyl groups is 1. The Balaban J connectivity index is 1.39. The fourth-order valence-corrected chi connectivity index (χ4v) is 3.98. The average molecular weight is 503 g/mol. The first-order valence-corrected chi connectivity index (χ1v) is 11.6. The van der Waals surface area contributed by atoms with Gasteiger partial charge in [-0.2, -0.15) is 0 Å². The molecule has 1 heterocycles. The Hall–Kier alpha value is -4.57. The highest BCUT2D eigenvalue weighted by Gasteiger charge is 2.28. The van der Waals surface area contributed by atoms with Crippen molar-refractivity contribution in [2.75, 3.05) is 12.4 Å². The summed E-state index contributed by atoms with van der Waals surface area (Å²) in [6.45, 7) is -0.0236. The second-order valence-corrected chi connectivity index (χ2v) is 8.51. The predicted octanol–water partition coefficient (Wildman–Crippen LogP) is 2.81. The average Bonchev–Trinajstić information content (AvgIpc) is 2.90. The van der Waals surface area contributed by atoms with Gasteiger partial charge in [0.25, 0.3) is 5.56 Å². The van der Waals surface area contributed by atoms with Crippen LogP contribution in [0.5, 0.6) is 5.75 Å². The molecule has 10 nitrogen and oxygen atoms in total. The van der Waals surface area contributed by atoms with Gasteiger partial charge in [-0.1, -0.05) is 41.6 Å². The van der Waals surface area contributed by atoms with Gasteiger partial charge in [0.1, 0.15) is 11.3 Å². The minimum absolute atomic E-state index is 0.0236. The van der Waals surface area contributed by atoms with Crippen molar-refractivity contribution >= 4 is 28.5 Å². The zero-order chi connectivity index (χ0) is 26.4. The molecule has 0 bridgehead atoms. The summed E-state index contributed by atoms with van der Waals surface area (Å²) in [6, 6.07) is 20.2. The number of aliphatic hydroxyl groups excluding tert-OH is 1. The SMILES string of the molecule is COc1ccc(CC(=O)Nc2ccc(C(O)[C@H](CCn3nnc4ccccc4c3=O)C(=O)O)cc2)cc1. The zero-order valence-corrected chi connectivity index (χ0v) is 20.1. The third-order valence-electron chi connectivity index (χ3n) is 6.04. The number of carboxylic acid groups (broad SMARTS) is 1. The van der Waals surface area contributed by atoms with E-state index in [4.69, 9.17) is 4.74 Å². The van der Waals surface area contributed by atoms with Crippen molar-refractivity contribution in [3.8, 4) is 5.75 Å². The van der Waals surface area contributed by atoms with E-state index in [1.165, 1.54) is 0 Å². The standard InChI is InChI=1S/C27H26N4O6/c1-37-20-12-6-17(7-13-20)16-24(32)28-19-10-8-18(9-11-19)25(33)22(27(35)36)14-15-31-26(34)21-4-2-3-5-23(21)29-30-31/h2-13,22,25,33H,14-16H2,1H3,(H,28,32)(H,35,36)/t22-,25?/m0/s1. The molecule has 0 spiro atoms. The normalized spacial score (nSPS) is 12.6. The number of hydrogen-bond donors (Lipinski definition) is 3. The number of ether oxygens (including phenoxy) is 1. The molecule has 1 unspecified atom stereocenters. The van der Waals surface area contributed by atoms with E-state index in [2.05, 4.69) is 15.6 Å². The zero-order valence-electron chi connectivity index (χ0n) is 20.1. The summed E-state index contributed by atoms with van der Waals surface area (Å²) >= 11 is 0. The summed E-state index contributed by atoms with van der Waals surface area (Å²) < 4.78 is 6.22. The molecular formula is C27H26N4O6. The van der Waals surface area contributed by atoms with E-state index >= 15 is 0 Å². The molecule has 0 aliphatic rings. The maximum atomic E-state index is 12.6. The Labute approximate surface area is 212 Å². The number of benzene rings is 3. The molecule has 0 aliphatic carbocycles. The van der Waals surface area contributed by atoms with E-state index in [0.29, 0.717) is 27.9 Å². The first-order valence-electron chi connectivity index (χ1n) is 11.6. The Morgan fingerprint density at radius 3 is 2.41 bits per heavy atom. The number of rotatable bonds is 10. The highest BCUT2D eigenvalue weighted by molar-refractivity contribution is 5.92. The number of aliphatic carboxylic acids is 1. The minimum Gasteiger partial charge on any atom is -0.497 e. The molecule has 0 aliphatic heterocycles. The molecule has 190 valence electrons. The first-order chi connectivity index (χ1) is 17.9. The van der Waals surface area contributed by atoms with Crippen LogP contribution in [0.15, 0.2) is 77.6 Å². The van der Waals surface area contributed by atoms with E-state index < -0.39 is 18.0 Å². The summed E-state index contributed by atoms with van der Waals surface area (Å²) in [5.41, 5.74) is 1.79. The largest absolute Gasteiger partial charge is 0.497 e. The second-order valence-electron chi connectivity index (χ2n) is 8.51. The van der Waals surface area contributed by atoms with Crippen molar-refractivity contribution < 1.29 is 24.5 Å². The maximum Gasteiger partial charge on any atom is 0.309 e. The lowest BCUT2D eigenvalue weighted by Crippen LogP contribution is -2.29. The van der Waals surface area contributed by atoms with Crippen LogP contribution in [0, 0.1) is 5.92 Å². The summed E-state index contributed by atoms with van der Waals surface area (Å²) in [6.07, 6.45) is -1.19. The van der Waals surface area contributed by atoms with E-state index in [1.54, 1.807) is 67.8 Å². The van der Waals surface area contributed by atoms with Crippen molar-refractivity contribution in [2.45, 2.75) is 25.5 Å². The Morgan fingerprint density at radius 1 is 1.03 bits per heavy atom. The minimum atomic E-state index is -1.33. The number of nitrogens with one attached hydrogen (secondary N) is 1. The molecule has 0 saturated carbocycles. The molecule has 0 saturated heterocycles. The Bertz CT molecular complexity index is 1450. The smallest absolute Gasteiger partial charge is 0.309 e. The number of aromatic nitrogens is 3. The van der Waals surface area contributed by atoms with Gasteiger partial charge in [0, 0.05) is 12.2 Å². The van der Waals surface area contributed by atoms with Gasteiger partial charge < -0.3 is 20.3 Å². The van der Waals surface area contributed by atoms with Gasteiger partial charge in [0.15, 0.2) is 0 Å². The number of anilines is 1. The molecular weight excluding hydrogens is 476 g/mol. The van der Waals surface area contributed by atoms with Crippen LogP contribution in [0.2, 0.25) is 0 Å². The van der Waals surface area contributed by atoms with Crippen LogP contribution in [-0.4, -0.2) is 44.2 Å². The lowest BCUT2D eigenvalue weighted by Gasteiger charge is -2.20. The van der Waals surface area contributed by atoms with Crippen molar-refractivity contribution in [1.29, 1.82) is 0 Å². The molecule has 1 aromatic heterocycles. The van der Waals surface area contributed by atoms with E-state index in [9.17, 15) is 24.6 Å².